The van der Waals surface area contributed by atoms with Crippen LogP contribution in [0.25, 0.3) is 5.69 Å². The van der Waals surface area contributed by atoms with Gasteiger partial charge in [0.15, 0.2) is 0 Å². The summed E-state index contributed by atoms with van der Waals surface area (Å²) in [6, 6.07) is 22.6. The Hall–Kier alpha value is -4.46. The highest BCUT2D eigenvalue weighted by Gasteiger charge is 2.24. The minimum absolute atomic E-state index is 0.0451. The molecule has 0 aliphatic carbocycles. The molecule has 1 heterocycles. The molecule has 4 aromatic rings. The Morgan fingerprint density at radius 2 is 1.62 bits per heavy atom. The summed E-state index contributed by atoms with van der Waals surface area (Å²) in [5.74, 6) is -0.450. The van der Waals surface area contributed by atoms with Crippen molar-refractivity contribution in [3.63, 3.8) is 0 Å². The summed E-state index contributed by atoms with van der Waals surface area (Å²) >= 11 is 0. The van der Waals surface area contributed by atoms with Crippen LogP contribution < -0.4 is 10.6 Å². The van der Waals surface area contributed by atoms with Gasteiger partial charge in [0.1, 0.15) is 18.2 Å². The standard InChI is InChI=1S/C31H34FN5O2/c1-21-15-16-26(22(2)17-21)37-28(18-27(35-37)31(3,4)5)34-29(38)20-36(19-23-11-7-6-8-12-23)30(39)33-25-14-10-9-13-24(25)32/h6-18H,19-20H2,1-5H3,(H,33,39)(H,34,38). The Kier molecular flexibility index (Phi) is 8.14. The molecule has 0 atom stereocenters. The van der Waals surface area contributed by atoms with Gasteiger partial charge in [0.05, 0.1) is 17.1 Å². The summed E-state index contributed by atoms with van der Waals surface area (Å²) in [7, 11) is 0. The number of halogens is 1. The van der Waals surface area contributed by atoms with E-state index in [4.69, 9.17) is 5.10 Å². The van der Waals surface area contributed by atoms with E-state index in [1.165, 1.54) is 17.0 Å². The van der Waals surface area contributed by atoms with Gasteiger partial charge < -0.3 is 15.5 Å². The second kappa shape index (κ2) is 11.5. The molecule has 0 aliphatic heterocycles. The largest absolute Gasteiger partial charge is 0.322 e. The van der Waals surface area contributed by atoms with E-state index in [-0.39, 0.29) is 24.2 Å². The monoisotopic (exact) mass is 527 g/mol. The van der Waals surface area contributed by atoms with Gasteiger partial charge in [0, 0.05) is 18.0 Å². The van der Waals surface area contributed by atoms with Gasteiger partial charge >= 0.3 is 6.03 Å². The van der Waals surface area contributed by atoms with Crippen LogP contribution in [0.3, 0.4) is 0 Å². The molecule has 4 rings (SSSR count). The highest BCUT2D eigenvalue weighted by atomic mass is 19.1. The lowest BCUT2D eigenvalue weighted by Gasteiger charge is -2.23. The molecule has 2 N–H and O–H groups in total. The van der Waals surface area contributed by atoms with Gasteiger partial charge in [-0.15, -0.1) is 0 Å². The fourth-order valence-corrected chi connectivity index (χ4v) is 4.18. The van der Waals surface area contributed by atoms with Crippen LogP contribution in [0.5, 0.6) is 0 Å². The molecule has 3 amide bonds. The van der Waals surface area contributed by atoms with Gasteiger partial charge in [0.25, 0.3) is 0 Å². The minimum Gasteiger partial charge on any atom is -0.311 e. The second-order valence-corrected chi connectivity index (χ2v) is 10.7. The number of nitrogens with zero attached hydrogens (tertiary/aromatic N) is 3. The molecule has 0 unspecified atom stereocenters. The van der Waals surface area contributed by atoms with Crippen LogP contribution in [0.15, 0.2) is 78.9 Å². The molecule has 0 saturated heterocycles. The van der Waals surface area contributed by atoms with Gasteiger partial charge in [-0.3, -0.25) is 4.79 Å². The maximum atomic E-state index is 14.2. The second-order valence-electron chi connectivity index (χ2n) is 10.7. The molecule has 0 radical (unpaired) electrons. The number of nitrogens with one attached hydrogen (secondary N) is 2. The normalized spacial score (nSPS) is 11.2. The van der Waals surface area contributed by atoms with Gasteiger partial charge in [-0.05, 0) is 43.2 Å². The van der Waals surface area contributed by atoms with Crippen LogP contribution in [0.1, 0.15) is 43.2 Å². The lowest BCUT2D eigenvalue weighted by Crippen LogP contribution is -2.40. The van der Waals surface area contributed by atoms with Crippen molar-refractivity contribution in [2.24, 2.45) is 0 Å². The summed E-state index contributed by atoms with van der Waals surface area (Å²) < 4.78 is 16.0. The van der Waals surface area contributed by atoms with E-state index in [1.807, 2.05) is 62.4 Å². The van der Waals surface area contributed by atoms with Crippen molar-refractivity contribution in [1.29, 1.82) is 0 Å². The van der Waals surface area contributed by atoms with Crippen molar-refractivity contribution in [3.8, 4) is 5.69 Å². The number of aromatic nitrogens is 2. The molecule has 7 nitrogen and oxygen atoms in total. The number of hydrogen-bond acceptors (Lipinski definition) is 3. The smallest absolute Gasteiger partial charge is 0.311 e. The fourth-order valence-electron chi connectivity index (χ4n) is 4.18. The molecule has 202 valence electrons. The molecule has 0 spiro atoms. The fraction of sp³-hybridized carbons (Fsp3) is 0.258. The molecule has 8 heteroatoms. The lowest BCUT2D eigenvalue weighted by atomic mass is 9.92. The number of aryl methyl sites for hydroxylation is 2. The van der Waals surface area contributed by atoms with Crippen molar-refractivity contribution in [2.75, 3.05) is 17.2 Å². The van der Waals surface area contributed by atoms with Crippen molar-refractivity contribution in [2.45, 2.75) is 46.6 Å². The molecule has 0 bridgehead atoms. The van der Waals surface area contributed by atoms with E-state index < -0.39 is 17.8 Å². The van der Waals surface area contributed by atoms with Gasteiger partial charge in [-0.2, -0.15) is 5.10 Å². The van der Waals surface area contributed by atoms with Crippen LogP contribution in [0.2, 0.25) is 0 Å². The molecule has 3 aromatic carbocycles. The number of rotatable bonds is 7. The molecule has 0 saturated carbocycles. The van der Waals surface area contributed by atoms with E-state index in [9.17, 15) is 14.0 Å². The first-order valence-electron chi connectivity index (χ1n) is 12.8. The summed E-state index contributed by atoms with van der Waals surface area (Å²) in [5, 5.41) is 10.4. The maximum absolute atomic E-state index is 14.2. The topological polar surface area (TPSA) is 79.3 Å². The zero-order valence-electron chi connectivity index (χ0n) is 23.0. The van der Waals surface area contributed by atoms with Crippen LogP contribution in [-0.2, 0) is 16.8 Å². The Morgan fingerprint density at radius 3 is 2.28 bits per heavy atom. The molecular formula is C31H34FN5O2. The quantitative estimate of drug-likeness (QED) is 0.284. The number of benzene rings is 3. The average molecular weight is 528 g/mol. The molecule has 0 aliphatic rings. The van der Waals surface area contributed by atoms with Gasteiger partial charge in [0.2, 0.25) is 5.91 Å². The van der Waals surface area contributed by atoms with E-state index in [0.717, 1.165) is 28.1 Å². The SMILES string of the molecule is Cc1ccc(-n2nc(C(C)(C)C)cc2NC(=O)CN(Cc2ccccc2)C(=O)Nc2ccccc2F)c(C)c1. The molecule has 0 fully saturated rings. The van der Waals surface area contributed by atoms with Crippen molar-refractivity contribution in [3.05, 3.63) is 107 Å². The predicted molar refractivity (Wildman–Crippen MR) is 153 cm³/mol. The zero-order valence-corrected chi connectivity index (χ0v) is 23.0. The number of amides is 3. The van der Waals surface area contributed by atoms with Crippen molar-refractivity contribution in [1.82, 2.24) is 14.7 Å². The van der Waals surface area contributed by atoms with Crippen LogP contribution in [0, 0.1) is 19.7 Å². The zero-order chi connectivity index (χ0) is 28.2. The van der Waals surface area contributed by atoms with Crippen molar-refractivity contribution < 1.29 is 14.0 Å². The Bertz CT molecular complexity index is 1470. The summed E-state index contributed by atoms with van der Waals surface area (Å²) in [4.78, 5) is 27.9. The highest BCUT2D eigenvalue weighted by Crippen LogP contribution is 2.28. The molecule has 1 aromatic heterocycles. The number of para-hydroxylation sites is 1. The first-order valence-corrected chi connectivity index (χ1v) is 12.8. The third kappa shape index (κ3) is 6.90. The lowest BCUT2D eigenvalue weighted by molar-refractivity contribution is -0.116. The summed E-state index contributed by atoms with van der Waals surface area (Å²) in [6.07, 6.45) is 0. The number of anilines is 2. The predicted octanol–water partition coefficient (Wildman–Crippen LogP) is 6.60. The highest BCUT2D eigenvalue weighted by molar-refractivity contribution is 5.96. The third-order valence-electron chi connectivity index (χ3n) is 6.28. The number of urea groups is 1. The van der Waals surface area contributed by atoms with Crippen molar-refractivity contribution >= 4 is 23.4 Å². The van der Waals surface area contributed by atoms with Crippen LogP contribution >= 0.6 is 0 Å². The number of carbonyl (C=O) groups excluding carboxylic acids is 2. The molecule has 39 heavy (non-hydrogen) atoms. The van der Waals surface area contributed by atoms with E-state index >= 15 is 0 Å². The Balaban J connectivity index is 1.61. The first kappa shape index (κ1) is 27.6. The minimum atomic E-state index is -0.586. The van der Waals surface area contributed by atoms with Crippen LogP contribution in [-0.4, -0.2) is 33.2 Å². The molecular weight excluding hydrogens is 493 g/mol. The average Bonchev–Trinajstić information content (AvgIpc) is 3.29. The maximum Gasteiger partial charge on any atom is 0.322 e. The van der Waals surface area contributed by atoms with Gasteiger partial charge in [-0.25, -0.2) is 13.9 Å². The third-order valence-corrected chi connectivity index (χ3v) is 6.28. The van der Waals surface area contributed by atoms with E-state index in [2.05, 4.69) is 37.5 Å². The summed E-state index contributed by atoms with van der Waals surface area (Å²) in [5.41, 5.74) is 4.45. The summed E-state index contributed by atoms with van der Waals surface area (Å²) in [6.45, 7) is 10.1. The Morgan fingerprint density at radius 1 is 0.923 bits per heavy atom. The van der Waals surface area contributed by atoms with E-state index in [0.29, 0.717) is 5.82 Å². The first-order chi connectivity index (χ1) is 18.5. The van der Waals surface area contributed by atoms with E-state index in [1.54, 1.807) is 16.8 Å². The van der Waals surface area contributed by atoms with Crippen LogP contribution in [0.4, 0.5) is 20.7 Å². The number of hydrogen-bond donors (Lipinski definition) is 2. The number of carbonyl (C=O) groups is 2. The van der Waals surface area contributed by atoms with Gasteiger partial charge in [-0.1, -0.05) is 80.9 Å². The Labute approximate surface area is 228 Å².